The van der Waals surface area contributed by atoms with Crippen molar-refractivity contribution in [2.45, 2.75) is 39.1 Å². The van der Waals surface area contributed by atoms with Crippen LogP contribution in [0.15, 0.2) is 12.2 Å². The number of aliphatic hydroxyl groups is 1. The molecule has 0 aliphatic carbocycles. The molecule has 68 valence electrons. The summed E-state index contributed by atoms with van der Waals surface area (Å²) in [4.78, 5) is 0. The van der Waals surface area contributed by atoms with Crippen LogP contribution in [0.1, 0.15) is 13.3 Å². The maximum Gasteiger partial charge on any atom is 0.129 e. The minimum absolute atomic E-state index is 0.479. The predicted octanol–water partition coefficient (Wildman–Crippen LogP) is 2.19. The van der Waals surface area contributed by atoms with Crippen molar-refractivity contribution in [3.05, 3.63) is 12.2 Å². The summed E-state index contributed by atoms with van der Waals surface area (Å²) in [6.07, 6.45) is 4.03. The number of aliphatic hydroxyl groups excluding tert-OH is 1. The predicted molar refractivity (Wildman–Crippen MR) is 56.6 cm³/mol. The standard InChI is InChI=1S/C10H18OSi/c1-5-6-7-10(11)8-9-12(2,3)4/h5-6,10-11H,7H2,1-4H3. The van der Waals surface area contributed by atoms with Gasteiger partial charge in [0.2, 0.25) is 0 Å². The lowest BCUT2D eigenvalue weighted by Crippen LogP contribution is -2.17. The molecule has 0 heterocycles. The van der Waals surface area contributed by atoms with E-state index in [2.05, 4.69) is 31.1 Å². The highest BCUT2D eigenvalue weighted by Crippen LogP contribution is 1.98. The topological polar surface area (TPSA) is 20.2 Å². The number of rotatable bonds is 2. The Bertz CT molecular complexity index is 202. The summed E-state index contributed by atoms with van der Waals surface area (Å²) >= 11 is 0. The molecule has 0 radical (unpaired) electrons. The molecular weight excluding hydrogens is 164 g/mol. The summed E-state index contributed by atoms with van der Waals surface area (Å²) in [7, 11) is -1.30. The first-order valence-corrected chi connectivity index (χ1v) is 7.77. The zero-order valence-electron chi connectivity index (χ0n) is 8.39. The molecule has 2 heteroatoms. The zero-order chi connectivity index (χ0) is 9.61. The smallest absolute Gasteiger partial charge is 0.129 e. The summed E-state index contributed by atoms with van der Waals surface area (Å²) in [5.74, 6) is 2.87. The maximum atomic E-state index is 9.34. The average Bonchev–Trinajstić information content (AvgIpc) is 1.95. The van der Waals surface area contributed by atoms with Crippen LogP contribution in [0.4, 0.5) is 0 Å². The molecule has 0 saturated carbocycles. The Morgan fingerprint density at radius 1 is 1.42 bits per heavy atom. The van der Waals surface area contributed by atoms with Gasteiger partial charge in [-0.15, -0.1) is 5.54 Å². The summed E-state index contributed by atoms with van der Waals surface area (Å²) < 4.78 is 0. The van der Waals surface area contributed by atoms with E-state index in [9.17, 15) is 5.11 Å². The fraction of sp³-hybridized carbons (Fsp3) is 0.600. The fourth-order valence-electron chi connectivity index (χ4n) is 0.624. The fourth-order valence-corrected chi connectivity index (χ4v) is 1.22. The summed E-state index contributed by atoms with van der Waals surface area (Å²) in [5.41, 5.74) is 3.14. The van der Waals surface area contributed by atoms with Crippen LogP contribution in [-0.4, -0.2) is 19.3 Å². The van der Waals surface area contributed by atoms with Crippen molar-refractivity contribution in [3.63, 3.8) is 0 Å². The lowest BCUT2D eigenvalue weighted by molar-refractivity contribution is 0.236. The molecule has 1 N–H and O–H groups in total. The van der Waals surface area contributed by atoms with Gasteiger partial charge in [-0.05, 0) is 6.92 Å². The lowest BCUT2D eigenvalue weighted by atomic mass is 10.2. The molecule has 0 rings (SSSR count). The lowest BCUT2D eigenvalue weighted by Gasteiger charge is -2.04. The molecule has 0 fully saturated rings. The van der Waals surface area contributed by atoms with Gasteiger partial charge >= 0.3 is 0 Å². The van der Waals surface area contributed by atoms with Crippen LogP contribution in [0.2, 0.25) is 19.6 Å². The molecule has 0 spiro atoms. The van der Waals surface area contributed by atoms with Crippen molar-refractivity contribution in [2.24, 2.45) is 0 Å². The minimum Gasteiger partial charge on any atom is -0.380 e. The third kappa shape index (κ3) is 7.58. The van der Waals surface area contributed by atoms with E-state index in [4.69, 9.17) is 0 Å². The second-order valence-electron chi connectivity index (χ2n) is 3.84. The van der Waals surface area contributed by atoms with Gasteiger partial charge in [0, 0.05) is 6.42 Å². The first kappa shape index (κ1) is 11.5. The van der Waals surface area contributed by atoms with Gasteiger partial charge in [-0.2, -0.15) is 0 Å². The van der Waals surface area contributed by atoms with E-state index in [0.717, 1.165) is 0 Å². The van der Waals surface area contributed by atoms with E-state index in [1.54, 1.807) is 0 Å². The first-order chi connectivity index (χ1) is 5.45. The van der Waals surface area contributed by atoms with E-state index in [1.165, 1.54) is 0 Å². The molecule has 0 aliphatic heterocycles. The van der Waals surface area contributed by atoms with E-state index < -0.39 is 14.2 Å². The van der Waals surface area contributed by atoms with Crippen LogP contribution in [0.3, 0.4) is 0 Å². The molecule has 0 aromatic rings. The average molecular weight is 182 g/mol. The highest BCUT2D eigenvalue weighted by Gasteiger charge is 2.08. The zero-order valence-corrected chi connectivity index (χ0v) is 9.39. The van der Waals surface area contributed by atoms with Crippen LogP contribution in [-0.2, 0) is 0 Å². The van der Waals surface area contributed by atoms with Crippen molar-refractivity contribution in [3.8, 4) is 11.5 Å². The van der Waals surface area contributed by atoms with Crippen LogP contribution in [0, 0.1) is 11.5 Å². The molecule has 0 saturated heterocycles. The van der Waals surface area contributed by atoms with Crippen molar-refractivity contribution in [2.75, 3.05) is 0 Å². The van der Waals surface area contributed by atoms with Crippen molar-refractivity contribution in [1.82, 2.24) is 0 Å². The van der Waals surface area contributed by atoms with Crippen LogP contribution in [0.25, 0.3) is 0 Å². The van der Waals surface area contributed by atoms with E-state index >= 15 is 0 Å². The quantitative estimate of drug-likeness (QED) is 0.394. The normalized spacial score (nSPS) is 14.1. The highest BCUT2D eigenvalue weighted by atomic mass is 28.3. The van der Waals surface area contributed by atoms with Crippen LogP contribution in [0.5, 0.6) is 0 Å². The second-order valence-corrected chi connectivity index (χ2v) is 8.59. The summed E-state index contributed by atoms with van der Waals surface area (Å²) in [5, 5.41) is 9.34. The molecule has 1 atom stereocenters. The van der Waals surface area contributed by atoms with E-state index in [0.29, 0.717) is 6.42 Å². The maximum absolute atomic E-state index is 9.34. The Kier molecular flexibility index (Phi) is 4.95. The van der Waals surface area contributed by atoms with Gasteiger partial charge in [0.1, 0.15) is 14.2 Å². The van der Waals surface area contributed by atoms with Gasteiger partial charge in [0.15, 0.2) is 0 Å². The molecule has 0 amide bonds. The Morgan fingerprint density at radius 2 is 2.00 bits per heavy atom. The van der Waals surface area contributed by atoms with Crippen molar-refractivity contribution < 1.29 is 5.11 Å². The monoisotopic (exact) mass is 182 g/mol. The van der Waals surface area contributed by atoms with Gasteiger partial charge in [0.05, 0.1) is 0 Å². The molecule has 0 bridgehead atoms. The van der Waals surface area contributed by atoms with Crippen molar-refractivity contribution in [1.29, 1.82) is 0 Å². The molecule has 0 aromatic carbocycles. The molecular formula is C10H18OSi. The molecule has 1 unspecified atom stereocenters. The largest absolute Gasteiger partial charge is 0.380 e. The van der Waals surface area contributed by atoms with Gasteiger partial charge in [0.25, 0.3) is 0 Å². The van der Waals surface area contributed by atoms with Crippen LogP contribution >= 0.6 is 0 Å². The minimum atomic E-state index is -1.30. The Morgan fingerprint density at radius 3 is 2.42 bits per heavy atom. The van der Waals surface area contributed by atoms with E-state index in [-0.39, 0.29) is 0 Å². The second kappa shape index (κ2) is 5.18. The molecule has 0 aromatic heterocycles. The SMILES string of the molecule is CC=CCC(O)C#C[Si](C)(C)C. The Labute approximate surface area is 76.5 Å². The summed E-state index contributed by atoms with van der Waals surface area (Å²) in [6, 6.07) is 0. The van der Waals surface area contributed by atoms with E-state index in [1.807, 2.05) is 19.1 Å². The molecule has 0 aliphatic rings. The van der Waals surface area contributed by atoms with Crippen molar-refractivity contribution >= 4 is 8.07 Å². The highest BCUT2D eigenvalue weighted by molar-refractivity contribution is 6.83. The number of allylic oxidation sites excluding steroid dienone is 1. The van der Waals surface area contributed by atoms with Gasteiger partial charge in [-0.3, -0.25) is 0 Å². The first-order valence-electron chi connectivity index (χ1n) is 4.27. The third-order valence-electron chi connectivity index (χ3n) is 1.21. The third-order valence-corrected chi connectivity index (χ3v) is 2.10. The Balaban J connectivity index is 3.95. The number of hydrogen-bond acceptors (Lipinski definition) is 1. The van der Waals surface area contributed by atoms with Gasteiger partial charge in [-0.1, -0.05) is 37.7 Å². The summed E-state index contributed by atoms with van der Waals surface area (Å²) in [6.45, 7) is 8.45. The molecule has 1 nitrogen and oxygen atoms in total. The van der Waals surface area contributed by atoms with Gasteiger partial charge < -0.3 is 5.11 Å². The number of hydrogen-bond donors (Lipinski definition) is 1. The van der Waals surface area contributed by atoms with Gasteiger partial charge in [-0.25, -0.2) is 0 Å². The van der Waals surface area contributed by atoms with Crippen LogP contribution < -0.4 is 0 Å². The molecule has 12 heavy (non-hydrogen) atoms. The Hall–Kier alpha value is -0.523.